The zero-order valence-electron chi connectivity index (χ0n) is 25.9. The predicted molar refractivity (Wildman–Crippen MR) is 147 cm³/mol. The van der Waals surface area contributed by atoms with Gasteiger partial charge in [0, 0.05) is 32.9 Å². The summed E-state index contributed by atoms with van der Waals surface area (Å²) < 4.78 is 39.0. The van der Waals surface area contributed by atoms with E-state index in [1.54, 1.807) is 47.6 Å². The number of amides is 1. The van der Waals surface area contributed by atoms with Gasteiger partial charge in [-0.1, -0.05) is 6.07 Å². The van der Waals surface area contributed by atoms with E-state index in [4.69, 9.17) is 33.2 Å². The molecule has 1 fully saturated rings. The predicted octanol–water partition coefficient (Wildman–Crippen LogP) is 2.44. The van der Waals surface area contributed by atoms with E-state index in [1.807, 2.05) is 0 Å². The van der Waals surface area contributed by atoms with Gasteiger partial charge < -0.3 is 43.6 Å². The van der Waals surface area contributed by atoms with Crippen LogP contribution in [0.5, 0.6) is 5.75 Å². The molecule has 0 unspecified atom stereocenters. The summed E-state index contributed by atoms with van der Waals surface area (Å²) in [5, 5.41) is 12.3. The lowest BCUT2D eigenvalue weighted by atomic mass is 9.97. The maximum atomic E-state index is 13.3. The number of nitrogens with one attached hydrogen (secondary N) is 1. The van der Waals surface area contributed by atoms with Crippen LogP contribution in [0.2, 0.25) is 0 Å². The first kappa shape index (κ1) is 35.3. The van der Waals surface area contributed by atoms with Crippen molar-refractivity contribution in [2.45, 2.75) is 117 Å². The summed E-state index contributed by atoms with van der Waals surface area (Å²) in [6, 6.07) is 4.55. The second-order valence-electron chi connectivity index (χ2n) is 11.8. The van der Waals surface area contributed by atoms with E-state index in [2.05, 4.69) is 5.32 Å². The lowest BCUT2D eigenvalue weighted by Gasteiger charge is -2.43. The number of aliphatic hydroxyl groups excluding tert-OH is 1. The number of hydrogen-bond donors (Lipinski definition) is 2. The highest BCUT2D eigenvalue weighted by Gasteiger charge is 2.56. The third kappa shape index (κ3) is 11.4. The molecule has 0 aliphatic carbocycles. The largest absolute Gasteiger partial charge is 0.460 e. The minimum absolute atomic E-state index is 0.0888. The van der Waals surface area contributed by atoms with Crippen molar-refractivity contribution in [2.75, 3.05) is 0 Å². The van der Waals surface area contributed by atoms with E-state index in [0.29, 0.717) is 11.1 Å². The summed E-state index contributed by atoms with van der Waals surface area (Å²) >= 11 is 0. The molecule has 5 atom stereocenters. The van der Waals surface area contributed by atoms with Gasteiger partial charge in [0.2, 0.25) is 12.4 Å². The van der Waals surface area contributed by atoms with Gasteiger partial charge in [-0.25, -0.2) is 9.59 Å². The van der Waals surface area contributed by atoms with Crippen LogP contribution in [0.4, 0.5) is 4.79 Å². The Hall–Kier alpha value is -3.91. The van der Waals surface area contributed by atoms with Gasteiger partial charge in [0.15, 0.2) is 18.3 Å². The van der Waals surface area contributed by atoms with E-state index >= 15 is 0 Å². The zero-order valence-corrected chi connectivity index (χ0v) is 25.9. The molecule has 1 aromatic carbocycles. The second-order valence-corrected chi connectivity index (χ2v) is 11.8. The molecule has 0 radical (unpaired) electrons. The van der Waals surface area contributed by atoms with Crippen LogP contribution in [-0.2, 0) is 60.8 Å². The van der Waals surface area contributed by atoms with Crippen molar-refractivity contribution in [3.05, 3.63) is 29.3 Å². The Kier molecular flexibility index (Phi) is 11.9. The Morgan fingerprint density at radius 3 is 1.86 bits per heavy atom. The van der Waals surface area contributed by atoms with Crippen LogP contribution in [0.1, 0.15) is 73.4 Å². The first-order valence-electron chi connectivity index (χ1n) is 13.6. The molecule has 1 heterocycles. The lowest BCUT2D eigenvalue weighted by molar-refractivity contribution is -0.284. The summed E-state index contributed by atoms with van der Waals surface area (Å²) in [5.41, 5.74) is -0.914. The van der Waals surface area contributed by atoms with E-state index in [0.717, 1.165) is 20.8 Å². The Morgan fingerprint density at radius 1 is 0.814 bits per heavy atom. The number of hydrogen-bond acceptors (Lipinski definition) is 13. The SMILES string of the molecule is CC(=O)O[C@@H]1[C@@H](OC(C)=O)[C@H](Oc2ccc(CO)cc2CNC(=O)OC(C)(C)C)O[C@H](C(=O)OC(C)(C)C)[C@H]1OC(C)=O. The standard InChI is InChI=1S/C29H41NO13/c1-15(32)37-21-22(38-16(2)33)24(39-17(3)34)26(41-23(21)25(35)42-28(4,5)6)40-20-11-10-18(14-31)12-19(20)13-30-27(36)43-29(7,8)9/h10-12,21-24,26,31H,13-14H2,1-9H3,(H,30,36)/t21-,22-,23-,24+,26+/m0/s1. The summed E-state index contributed by atoms with van der Waals surface area (Å²) in [7, 11) is 0. The van der Waals surface area contributed by atoms with Crippen molar-refractivity contribution in [1.29, 1.82) is 0 Å². The van der Waals surface area contributed by atoms with Gasteiger partial charge in [-0.2, -0.15) is 0 Å². The van der Waals surface area contributed by atoms with Crippen molar-refractivity contribution < 1.29 is 62.2 Å². The molecule has 0 bridgehead atoms. The fourth-order valence-electron chi connectivity index (χ4n) is 4.01. The fourth-order valence-corrected chi connectivity index (χ4v) is 4.01. The number of carbonyl (C=O) groups excluding carboxylic acids is 5. The summed E-state index contributed by atoms with van der Waals surface area (Å²) in [5.74, 6) is -3.37. The van der Waals surface area contributed by atoms with Gasteiger partial charge in [-0.05, 0) is 59.2 Å². The van der Waals surface area contributed by atoms with Crippen LogP contribution in [0, 0.1) is 0 Å². The van der Waals surface area contributed by atoms with Gasteiger partial charge in [-0.3, -0.25) is 14.4 Å². The van der Waals surface area contributed by atoms with Gasteiger partial charge >= 0.3 is 30.0 Å². The zero-order chi connectivity index (χ0) is 32.7. The van der Waals surface area contributed by atoms with Gasteiger partial charge in [0.05, 0.1) is 6.61 Å². The molecule has 1 aromatic rings. The Labute approximate surface area is 250 Å². The smallest absolute Gasteiger partial charge is 0.407 e. The maximum absolute atomic E-state index is 13.3. The minimum Gasteiger partial charge on any atom is -0.460 e. The summed E-state index contributed by atoms with van der Waals surface area (Å²) in [6.07, 6.45) is -8.67. The fraction of sp³-hybridized carbons (Fsp3) is 0.621. The molecule has 1 aliphatic rings. The normalized spacial score (nSPS) is 22.0. The van der Waals surface area contributed by atoms with Crippen molar-refractivity contribution in [3.63, 3.8) is 0 Å². The highest BCUT2D eigenvalue weighted by Crippen LogP contribution is 2.33. The van der Waals surface area contributed by atoms with E-state index < -0.39 is 71.9 Å². The first-order valence-corrected chi connectivity index (χ1v) is 13.6. The van der Waals surface area contributed by atoms with Gasteiger partial charge in [0.25, 0.3) is 0 Å². The molecule has 0 saturated carbocycles. The van der Waals surface area contributed by atoms with Gasteiger partial charge in [0.1, 0.15) is 17.0 Å². The van der Waals surface area contributed by atoms with Crippen LogP contribution in [0.25, 0.3) is 0 Å². The van der Waals surface area contributed by atoms with Crippen LogP contribution < -0.4 is 10.1 Å². The Balaban J connectivity index is 2.57. The van der Waals surface area contributed by atoms with Crippen molar-refractivity contribution in [2.24, 2.45) is 0 Å². The topological polar surface area (TPSA) is 182 Å². The molecule has 43 heavy (non-hydrogen) atoms. The summed E-state index contributed by atoms with van der Waals surface area (Å²) in [4.78, 5) is 61.9. The van der Waals surface area contributed by atoms with Crippen molar-refractivity contribution in [1.82, 2.24) is 5.32 Å². The van der Waals surface area contributed by atoms with E-state index in [-0.39, 0.29) is 18.9 Å². The number of carbonyl (C=O) groups is 5. The number of ether oxygens (including phenoxy) is 7. The number of rotatable bonds is 9. The highest BCUT2D eigenvalue weighted by atomic mass is 16.7. The Morgan fingerprint density at radius 2 is 1.35 bits per heavy atom. The number of benzene rings is 1. The third-order valence-corrected chi connectivity index (χ3v) is 5.41. The molecule has 2 rings (SSSR count). The average Bonchev–Trinajstić information content (AvgIpc) is 2.83. The number of esters is 4. The van der Waals surface area contributed by atoms with E-state index in [9.17, 15) is 29.1 Å². The molecule has 2 N–H and O–H groups in total. The molecule has 14 heteroatoms. The molecule has 0 aromatic heterocycles. The highest BCUT2D eigenvalue weighted by molar-refractivity contribution is 5.77. The maximum Gasteiger partial charge on any atom is 0.407 e. The monoisotopic (exact) mass is 611 g/mol. The molecule has 1 aliphatic heterocycles. The first-order chi connectivity index (χ1) is 19.8. The third-order valence-electron chi connectivity index (χ3n) is 5.41. The second kappa shape index (κ2) is 14.5. The molecular weight excluding hydrogens is 570 g/mol. The molecule has 1 saturated heterocycles. The quantitative estimate of drug-likeness (QED) is 0.307. The van der Waals surface area contributed by atoms with E-state index in [1.165, 1.54) is 12.1 Å². The molecule has 1 amide bonds. The minimum atomic E-state index is -1.68. The molecule has 0 spiro atoms. The van der Waals surface area contributed by atoms with Crippen molar-refractivity contribution >= 4 is 30.0 Å². The van der Waals surface area contributed by atoms with Crippen molar-refractivity contribution in [3.8, 4) is 5.75 Å². The van der Waals surface area contributed by atoms with Crippen LogP contribution in [-0.4, -0.2) is 77.0 Å². The molecule has 14 nitrogen and oxygen atoms in total. The van der Waals surface area contributed by atoms with Crippen LogP contribution >= 0.6 is 0 Å². The molecule has 240 valence electrons. The molecular formula is C29H41NO13. The van der Waals surface area contributed by atoms with Crippen LogP contribution in [0.15, 0.2) is 18.2 Å². The summed E-state index contributed by atoms with van der Waals surface area (Å²) in [6.45, 7) is 12.7. The van der Waals surface area contributed by atoms with Crippen LogP contribution in [0.3, 0.4) is 0 Å². The van der Waals surface area contributed by atoms with Gasteiger partial charge in [-0.15, -0.1) is 0 Å². The lowest BCUT2D eigenvalue weighted by Crippen LogP contribution is -2.65. The Bertz CT molecular complexity index is 1180. The number of alkyl carbamates (subject to hydrolysis) is 1. The average molecular weight is 612 g/mol. The number of aliphatic hydroxyl groups is 1.